The molecule has 4 nitrogen and oxygen atoms in total. The molecule has 3 rings (SSSR count). The fourth-order valence-electron chi connectivity index (χ4n) is 2.68. The Labute approximate surface area is 102 Å². The molecule has 92 valence electrons. The molecule has 2 saturated heterocycles. The van der Waals surface area contributed by atoms with E-state index in [0.717, 1.165) is 26.3 Å². The van der Waals surface area contributed by atoms with Gasteiger partial charge in [-0.25, -0.2) is 0 Å². The van der Waals surface area contributed by atoms with Gasteiger partial charge in [0.25, 0.3) is 0 Å². The molecule has 0 aliphatic carbocycles. The molecule has 2 aliphatic heterocycles. The molecule has 2 heterocycles. The fraction of sp³-hybridized carbons (Fsp3) is 0.538. The summed E-state index contributed by atoms with van der Waals surface area (Å²) in [6.07, 6.45) is 2.44. The number of hydrogen-bond donors (Lipinski definition) is 2. The van der Waals surface area contributed by atoms with E-state index >= 15 is 0 Å². The minimum Gasteiger partial charge on any atom is -0.397 e. The Hall–Kier alpha value is -1.42. The van der Waals surface area contributed by atoms with Crippen LogP contribution in [0.5, 0.6) is 0 Å². The number of nitrogen functional groups attached to an aromatic ring is 2. The Bertz CT molecular complexity index is 419. The molecule has 0 saturated carbocycles. The summed E-state index contributed by atoms with van der Waals surface area (Å²) in [6.45, 7) is 4.08. The molecule has 4 N–H and O–H groups in total. The van der Waals surface area contributed by atoms with E-state index < -0.39 is 0 Å². The number of benzene rings is 1. The van der Waals surface area contributed by atoms with Crippen LogP contribution in [0.4, 0.5) is 17.1 Å². The first-order chi connectivity index (χ1) is 8.19. The molecule has 0 amide bonds. The first kappa shape index (κ1) is 10.7. The SMILES string of the molecule is Nc1ccc(N2CCC3(CC2)COC3)cc1N. The number of rotatable bonds is 1. The van der Waals surface area contributed by atoms with E-state index in [1.165, 1.54) is 18.5 Å². The van der Waals surface area contributed by atoms with E-state index in [9.17, 15) is 0 Å². The second-order valence-electron chi connectivity index (χ2n) is 5.29. The van der Waals surface area contributed by atoms with Crippen molar-refractivity contribution in [2.45, 2.75) is 12.8 Å². The van der Waals surface area contributed by atoms with E-state index in [4.69, 9.17) is 16.2 Å². The Morgan fingerprint density at radius 2 is 1.76 bits per heavy atom. The van der Waals surface area contributed by atoms with Crippen LogP contribution in [0.2, 0.25) is 0 Å². The molecule has 0 unspecified atom stereocenters. The number of nitrogens with two attached hydrogens (primary N) is 2. The Morgan fingerprint density at radius 3 is 2.29 bits per heavy atom. The molecule has 0 bridgehead atoms. The van der Waals surface area contributed by atoms with Gasteiger partial charge in [-0.3, -0.25) is 0 Å². The average molecular weight is 233 g/mol. The van der Waals surface area contributed by atoms with Crippen LogP contribution >= 0.6 is 0 Å². The minimum atomic E-state index is 0.482. The van der Waals surface area contributed by atoms with E-state index in [1.54, 1.807) is 0 Å². The van der Waals surface area contributed by atoms with Gasteiger partial charge in [-0.1, -0.05) is 0 Å². The highest BCUT2D eigenvalue weighted by atomic mass is 16.5. The summed E-state index contributed by atoms with van der Waals surface area (Å²) in [6, 6.07) is 5.92. The van der Waals surface area contributed by atoms with Crippen LogP contribution in [-0.2, 0) is 4.74 Å². The number of ether oxygens (including phenoxy) is 1. The molecule has 1 aromatic carbocycles. The second-order valence-corrected chi connectivity index (χ2v) is 5.29. The number of piperidine rings is 1. The third-order valence-corrected chi connectivity index (χ3v) is 4.08. The summed E-state index contributed by atoms with van der Waals surface area (Å²) in [5, 5.41) is 0. The molecule has 1 spiro atoms. The maximum absolute atomic E-state index is 5.85. The van der Waals surface area contributed by atoms with Gasteiger partial charge in [0.1, 0.15) is 0 Å². The van der Waals surface area contributed by atoms with Crippen molar-refractivity contribution in [2.24, 2.45) is 5.41 Å². The highest BCUT2D eigenvalue weighted by Crippen LogP contribution is 2.39. The lowest BCUT2D eigenvalue weighted by atomic mass is 9.77. The fourth-order valence-corrected chi connectivity index (χ4v) is 2.68. The molecule has 2 fully saturated rings. The van der Waals surface area contributed by atoms with Crippen LogP contribution < -0.4 is 16.4 Å². The van der Waals surface area contributed by atoms with E-state index in [-0.39, 0.29) is 0 Å². The van der Waals surface area contributed by atoms with Crippen molar-refractivity contribution < 1.29 is 4.74 Å². The average Bonchev–Trinajstić information content (AvgIpc) is 2.31. The predicted molar refractivity (Wildman–Crippen MR) is 70.0 cm³/mol. The summed E-state index contributed by atoms with van der Waals surface area (Å²) in [5.74, 6) is 0. The predicted octanol–water partition coefficient (Wildman–Crippen LogP) is 1.47. The van der Waals surface area contributed by atoms with E-state index in [1.807, 2.05) is 12.1 Å². The third kappa shape index (κ3) is 1.82. The number of hydrogen-bond acceptors (Lipinski definition) is 4. The summed E-state index contributed by atoms with van der Waals surface area (Å²) >= 11 is 0. The molecule has 0 aromatic heterocycles. The molecule has 1 aromatic rings. The lowest BCUT2D eigenvalue weighted by Gasteiger charge is -2.47. The van der Waals surface area contributed by atoms with Crippen molar-refractivity contribution in [1.82, 2.24) is 0 Å². The van der Waals surface area contributed by atoms with Gasteiger partial charge in [0.2, 0.25) is 0 Å². The van der Waals surface area contributed by atoms with Crippen LogP contribution in [0.3, 0.4) is 0 Å². The largest absolute Gasteiger partial charge is 0.397 e. The van der Waals surface area contributed by atoms with Gasteiger partial charge in [0, 0.05) is 24.2 Å². The van der Waals surface area contributed by atoms with Crippen molar-refractivity contribution in [3.05, 3.63) is 18.2 Å². The molecule has 0 atom stereocenters. The quantitative estimate of drug-likeness (QED) is 0.721. The zero-order valence-corrected chi connectivity index (χ0v) is 9.98. The Kier molecular flexibility index (Phi) is 2.40. The van der Waals surface area contributed by atoms with Gasteiger partial charge in [-0.15, -0.1) is 0 Å². The smallest absolute Gasteiger partial charge is 0.0568 e. The van der Waals surface area contributed by atoms with Crippen molar-refractivity contribution >= 4 is 17.1 Å². The van der Waals surface area contributed by atoms with Crippen LogP contribution in [0, 0.1) is 5.41 Å². The van der Waals surface area contributed by atoms with Gasteiger partial charge in [-0.05, 0) is 31.0 Å². The normalized spacial score (nSPS) is 22.5. The highest BCUT2D eigenvalue weighted by molar-refractivity contribution is 5.69. The lowest BCUT2D eigenvalue weighted by molar-refractivity contribution is -0.124. The molecular weight excluding hydrogens is 214 g/mol. The highest BCUT2D eigenvalue weighted by Gasteiger charge is 2.41. The Morgan fingerprint density at radius 1 is 1.06 bits per heavy atom. The zero-order valence-electron chi connectivity index (χ0n) is 9.98. The van der Waals surface area contributed by atoms with Gasteiger partial charge in [0.15, 0.2) is 0 Å². The maximum atomic E-state index is 5.85. The van der Waals surface area contributed by atoms with Crippen LogP contribution in [0.25, 0.3) is 0 Å². The monoisotopic (exact) mass is 233 g/mol. The number of nitrogens with zero attached hydrogens (tertiary/aromatic N) is 1. The summed E-state index contributed by atoms with van der Waals surface area (Å²) in [5.41, 5.74) is 14.6. The molecule has 4 heteroatoms. The van der Waals surface area contributed by atoms with Crippen molar-refractivity contribution in [3.8, 4) is 0 Å². The lowest BCUT2D eigenvalue weighted by Crippen LogP contribution is -2.50. The first-order valence-corrected chi connectivity index (χ1v) is 6.16. The third-order valence-electron chi connectivity index (χ3n) is 4.08. The summed E-state index contributed by atoms with van der Waals surface area (Å²) in [7, 11) is 0. The minimum absolute atomic E-state index is 0.482. The van der Waals surface area contributed by atoms with Crippen molar-refractivity contribution in [3.63, 3.8) is 0 Å². The first-order valence-electron chi connectivity index (χ1n) is 6.16. The van der Waals surface area contributed by atoms with Crippen LogP contribution in [-0.4, -0.2) is 26.3 Å². The Balaban J connectivity index is 1.71. The summed E-state index contributed by atoms with van der Waals surface area (Å²) < 4.78 is 5.34. The van der Waals surface area contributed by atoms with Gasteiger partial charge in [0.05, 0.1) is 24.6 Å². The summed E-state index contributed by atoms with van der Waals surface area (Å²) in [4.78, 5) is 2.39. The topological polar surface area (TPSA) is 64.5 Å². The van der Waals surface area contributed by atoms with Crippen molar-refractivity contribution in [1.29, 1.82) is 0 Å². The van der Waals surface area contributed by atoms with Gasteiger partial charge >= 0.3 is 0 Å². The standard InChI is InChI=1S/C13H19N3O/c14-11-2-1-10(7-12(11)15)16-5-3-13(4-6-16)8-17-9-13/h1-2,7H,3-6,8-9,14-15H2. The molecule has 17 heavy (non-hydrogen) atoms. The molecular formula is C13H19N3O. The van der Waals surface area contributed by atoms with Crippen LogP contribution in [0.1, 0.15) is 12.8 Å². The van der Waals surface area contributed by atoms with Crippen LogP contribution in [0.15, 0.2) is 18.2 Å². The van der Waals surface area contributed by atoms with Gasteiger partial charge < -0.3 is 21.1 Å². The van der Waals surface area contributed by atoms with Gasteiger partial charge in [-0.2, -0.15) is 0 Å². The zero-order chi connectivity index (χ0) is 11.9. The van der Waals surface area contributed by atoms with E-state index in [0.29, 0.717) is 16.8 Å². The van der Waals surface area contributed by atoms with Crippen molar-refractivity contribution in [2.75, 3.05) is 42.7 Å². The maximum Gasteiger partial charge on any atom is 0.0568 e. The second kappa shape index (κ2) is 3.81. The number of anilines is 3. The molecule has 2 aliphatic rings. The molecule has 0 radical (unpaired) electrons. The van der Waals surface area contributed by atoms with E-state index in [2.05, 4.69) is 11.0 Å².